The van der Waals surface area contributed by atoms with Crippen LogP contribution in [0.5, 0.6) is 0 Å². The van der Waals surface area contributed by atoms with Gasteiger partial charge in [0.05, 0.1) is 13.2 Å². The van der Waals surface area contributed by atoms with Gasteiger partial charge in [0.2, 0.25) is 0 Å². The summed E-state index contributed by atoms with van der Waals surface area (Å²) in [4.78, 5) is 0. The molecule has 0 radical (unpaired) electrons. The molecule has 0 aromatic rings. The summed E-state index contributed by atoms with van der Waals surface area (Å²) in [5.41, 5.74) is 0. The fourth-order valence-corrected chi connectivity index (χ4v) is 2.37. The van der Waals surface area contributed by atoms with Crippen molar-refractivity contribution in [2.45, 2.75) is 51.1 Å². The monoisotopic (exact) mass is 324 g/mol. The van der Waals surface area contributed by atoms with Crippen molar-refractivity contribution in [3.8, 4) is 0 Å². The van der Waals surface area contributed by atoms with Crippen LogP contribution in [0.2, 0.25) is 18.1 Å². The molecule has 0 aliphatic rings. The lowest BCUT2D eigenvalue weighted by Crippen LogP contribution is -2.46. The maximum absolute atomic E-state index is 9.47. The first-order valence-corrected chi connectivity index (χ1v) is 10.1. The van der Waals surface area contributed by atoms with Crippen LogP contribution in [0.4, 0.5) is 0 Å². The number of rotatable bonds is 11. The zero-order valence-corrected chi connectivity index (χ0v) is 15.5. The molecule has 0 aromatic heterocycles. The molecule has 0 heterocycles. The zero-order chi connectivity index (χ0) is 16.5. The van der Waals surface area contributed by atoms with E-state index in [1.807, 2.05) is 0 Å². The van der Waals surface area contributed by atoms with Crippen LogP contribution < -0.4 is 0 Å². The van der Waals surface area contributed by atoms with Gasteiger partial charge in [0.1, 0.15) is 25.8 Å². The Hall–Kier alpha value is -0.0231. The first-order chi connectivity index (χ1) is 9.69. The fourth-order valence-electron chi connectivity index (χ4n) is 1.36. The Labute approximate surface area is 129 Å². The zero-order valence-electron chi connectivity index (χ0n) is 14.5. The van der Waals surface area contributed by atoms with E-state index in [4.69, 9.17) is 23.4 Å². The Kier molecular flexibility index (Phi) is 9.87. The van der Waals surface area contributed by atoms with E-state index in [0.29, 0.717) is 6.61 Å². The molecule has 1 N–H and O–H groups in total. The van der Waals surface area contributed by atoms with Gasteiger partial charge in [0.15, 0.2) is 8.32 Å². The minimum absolute atomic E-state index is 0.0954. The topological polar surface area (TPSA) is 66.4 Å². The van der Waals surface area contributed by atoms with Crippen LogP contribution in [0.3, 0.4) is 0 Å². The van der Waals surface area contributed by atoms with E-state index >= 15 is 0 Å². The first-order valence-electron chi connectivity index (χ1n) is 7.15. The summed E-state index contributed by atoms with van der Waals surface area (Å²) < 4.78 is 27.0. The number of ether oxygens (including phenoxy) is 4. The Morgan fingerprint density at radius 2 is 1.43 bits per heavy atom. The molecule has 0 rings (SSSR count). The smallest absolute Gasteiger partial charge is 0.192 e. The van der Waals surface area contributed by atoms with Crippen LogP contribution in [-0.2, 0) is 23.4 Å². The lowest BCUT2D eigenvalue weighted by atomic mass is 10.2. The van der Waals surface area contributed by atoms with E-state index in [2.05, 4.69) is 33.9 Å². The number of hydrogen-bond donors (Lipinski definition) is 1. The van der Waals surface area contributed by atoms with Crippen molar-refractivity contribution >= 4 is 8.32 Å². The molecule has 0 aliphatic heterocycles. The van der Waals surface area contributed by atoms with Gasteiger partial charge in [0, 0.05) is 14.2 Å². The van der Waals surface area contributed by atoms with E-state index in [1.54, 1.807) is 7.11 Å². The number of methoxy groups -OCH3 is 2. The van der Waals surface area contributed by atoms with Gasteiger partial charge in [-0.25, -0.2) is 0 Å². The molecule has 0 fully saturated rings. The van der Waals surface area contributed by atoms with E-state index < -0.39 is 20.5 Å². The number of aliphatic hydroxyl groups is 1. The summed E-state index contributed by atoms with van der Waals surface area (Å²) in [6.07, 6.45) is -0.913. The van der Waals surface area contributed by atoms with Gasteiger partial charge >= 0.3 is 0 Å². The lowest BCUT2D eigenvalue weighted by molar-refractivity contribution is -0.175. The summed E-state index contributed by atoms with van der Waals surface area (Å²) in [6.45, 7) is 11.3. The molecular formula is C14H32O6Si. The van der Waals surface area contributed by atoms with E-state index in [1.165, 1.54) is 7.11 Å². The predicted molar refractivity (Wildman–Crippen MR) is 83.7 cm³/mol. The largest absolute Gasteiger partial charge is 0.414 e. The van der Waals surface area contributed by atoms with Crippen LogP contribution >= 0.6 is 0 Å². The Morgan fingerprint density at radius 3 is 1.81 bits per heavy atom. The maximum Gasteiger partial charge on any atom is 0.192 e. The molecule has 7 heteroatoms. The summed E-state index contributed by atoms with van der Waals surface area (Å²) in [5, 5.41) is 9.58. The molecule has 21 heavy (non-hydrogen) atoms. The maximum atomic E-state index is 9.47. The van der Waals surface area contributed by atoms with Crippen molar-refractivity contribution in [3.63, 3.8) is 0 Å². The van der Waals surface area contributed by atoms with Gasteiger partial charge in [-0.15, -0.1) is 0 Å². The van der Waals surface area contributed by atoms with Gasteiger partial charge < -0.3 is 28.5 Å². The van der Waals surface area contributed by atoms with Gasteiger partial charge in [0.25, 0.3) is 0 Å². The van der Waals surface area contributed by atoms with Crippen molar-refractivity contribution in [2.75, 3.05) is 41.0 Å². The quantitative estimate of drug-likeness (QED) is 0.463. The minimum atomic E-state index is -1.89. The molecule has 6 nitrogen and oxygen atoms in total. The second-order valence-electron chi connectivity index (χ2n) is 6.48. The minimum Gasteiger partial charge on any atom is -0.414 e. The van der Waals surface area contributed by atoms with Crippen LogP contribution in [-0.4, -0.2) is 66.7 Å². The van der Waals surface area contributed by atoms with Gasteiger partial charge in [-0.1, -0.05) is 20.8 Å². The van der Waals surface area contributed by atoms with Crippen molar-refractivity contribution in [1.82, 2.24) is 0 Å². The highest BCUT2D eigenvalue weighted by Crippen LogP contribution is 2.36. The van der Waals surface area contributed by atoms with E-state index in [0.717, 1.165) is 0 Å². The second kappa shape index (κ2) is 9.89. The van der Waals surface area contributed by atoms with Gasteiger partial charge in [-0.2, -0.15) is 0 Å². The van der Waals surface area contributed by atoms with Crippen LogP contribution in [0.25, 0.3) is 0 Å². The molecule has 0 saturated carbocycles. The van der Waals surface area contributed by atoms with E-state index in [9.17, 15) is 5.11 Å². The Bertz CT molecular complexity index is 267. The third-order valence-electron chi connectivity index (χ3n) is 3.81. The Morgan fingerprint density at radius 1 is 0.952 bits per heavy atom. The van der Waals surface area contributed by atoms with E-state index in [-0.39, 0.29) is 25.2 Å². The second-order valence-corrected chi connectivity index (χ2v) is 11.3. The third kappa shape index (κ3) is 7.69. The molecule has 2 atom stereocenters. The highest BCUT2D eigenvalue weighted by Gasteiger charge is 2.38. The molecule has 0 amide bonds. The van der Waals surface area contributed by atoms with Crippen molar-refractivity contribution < 1.29 is 28.5 Å². The normalized spacial score (nSPS) is 16.0. The SMILES string of the molecule is COCO[C@H](CO)[C@@H](CO[Si](C)(C)C(C)(C)C)OCOC. The summed E-state index contributed by atoms with van der Waals surface area (Å²) in [7, 11) is 1.20. The average Bonchev–Trinajstić information content (AvgIpc) is 2.40. The van der Waals surface area contributed by atoms with Crippen molar-refractivity contribution in [1.29, 1.82) is 0 Å². The molecule has 0 aliphatic carbocycles. The molecule has 0 saturated heterocycles. The molecule has 0 aromatic carbocycles. The third-order valence-corrected chi connectivity index (χ3v) is 8.31. The molecule has 0 spiro atoms. The molecule has 0 bridgehead atoms. The summed E-state index contributed by atoms with van der Waals surface area (Å²) in [6, 6.07) is 0. The summed E-state index contributed by atoms with van der Waals surface area (Å²) >= 11 is 0. The Balaban J connectivity index is 4.67. The predicted octanol–water partition coefficient (Wildman–Crippen LogP) is 1.98. The van der Waals surface area contributed by atoms with Crippen LogP contribution in [0, 0.1) is 0 Å². The standard InChI is InChI=1S/C14H32O6Si/c1-14(2,3)21(6,7)20-9-13(19-11-17-5)12(8-15)18-10-16-4/h12-13,15H,8-11H2,1-7H3/t12-,13-/m1/s1. The van der Waals surface area contributed by atoms with Crippen molar-refractivity contribution in [3.05, 3.63) is 0 Å². The number of aliphatic hydroxyl groups excluding tert-OH is 1. The molecule has 0 unspecified atom stereocenters. The van der Waals surface area contributed by atoms with Gasteiger partial charge in [-0.05, 0) is 18.1 Å². The van der Waals surface area contributed by atoms with Gasteiger partial charge in [-0.3, -0.25) is 0 Å². The first kappa shape index (κ1) is 21.0. The lowest BCUT2D eigenvalue weighted by Gasteiger charge is -2.38. The summed E-state index contributed by atoms with van der Waals surface area (Å²) in [5.74, 6) is 0. The fraction of sp³-hybridized carbons (Fsp3) is 1.00. The van der Waals surface area contributed by atoms with Crippen molar-refractivity contribution in [2.24, 2.45) is 0 Å². The molecular weight excluding hydrogens is 292 g/mol. The highest BCUT2D eigenvalue weighted by atomic mass is 28.4. The molecule has 128 valence electrons. The highest BCUT2D eigenvalue weighted by molar-refractivity contribution is 6.74. The van der Waals surface area contributed by atoms with Crippen LogP contribution in [0.1, 0.15) is 20.8 Å². The number of hydrogen-bond acceptors (Lipinski definition) is 6. The average molecular weight is 324 g/mol. The van der Waals surface area contributed by atoms with Crippen LogP contribution in [0.15, 0.2) is 0 Å².